The van der Waals surface area contributed by atoms with E-state index in [1.807, 2.05) is 6.92 Å². The van der Waals surface area contributed by atoms with Gasteiger partial charge >= 0.3 is 0 Å². The van der Waals surface area contributed by atoms with Crippen LogP contribution in [0.2, 0.25) is 0 Å². The Kier molecular flexibility index (Phi) is 4.33. The lowest BCUT2D eigenvalue weighted by Crippen LogP contribution is -2.25. The topological polar surface area (TPSA) is 96.1 Å². The first-order valence-corrected chi connectivity index (χ1v) is 6.41. The van der Waals surface area contributed by atoms with E-state index in [9.17, 15) is 5.11 Å². The van der Waals surface area contributed by atoms with Gasteiger partial charge in [0, 0.05) is 12.6 Å². The van der Waals surface area contributed by atoms with Crippen molar-refractivity contribution in [1.29, 1.82) is 0 Å². The Bertz CT molecular complexity index is 398. The van der Waals surface area contributed by atoms with Gasteiger partial charge in [-0.1, -0.05) is 6.42 Å². The van der Waals surface area contributed by atoms with E-state index in [0.29, 0.717) is 17.6 Å². The fraction of sp³-hybridized carbons (Fsp3) is 0.667. The zero-order valence-electron chi connectivity index (χ0n) is 10.7. The summed E-state index contributed by atoms with van der Waals surface area (Å²) in [7, 11) is 0. The number of nitrogens with two attached hydrogens (primary N) is 1. The standard InChI is InChI=1S/C12H21N5O/c1-8-15-11(6-12(16-8)17-13)14-7-9-3-2-4-10(18)5-9/h6,9-10,18H,2-5,7,13H2,1H3,(H2,14,15,16,17). The van der Waals surface area contributed by atoms with Crippen molar-refractivity contribution in [2.24, 2.45) is 11.8 Å². The molecule has 1 fully saturated rings. The number of rotatable bonds is 4. The number of nitrogens with zero attached hydrogens (tertiary/aromatic N) is 2. The molecule has 1 saturated carbocycles. The molecule has 1 aliphatic carbocycles. The molecule has 0 saturated heterocycles. The average Bonchev–Trinajstić information content (AvgIpc) is 2.36. The highest BCUT2D eigenvalue weighted by Crippen LogP contribution is 2.24. The van der Waals surface area contributed by atoms with Crippen molar-refractivity contribution in [2.75, 3.05) is 17.3 Å². The predicted molar refractivity (Wildman–Crippen MR) is 71.0 cm³/mol. The van der Waals surface area contributed by atoms with Crippen molar-refractivity contribution in [3.63, 3.8) is 0 Å². The number of nitrogens with one attached hydrogen (secondary N) is 2. The summed E-state index contributed by atoms with van der Waals surface area (Å²) in [5.74, 6) is 7.91. The number of aliphatic hydroxyl groups is 1. The number of aromatic nitrogens is 2. The van der Waals surface area contributed by atoms with Gasteiger partial charge in [0.2, 0.25) is 0 Å². The highest BCUT2D eigenvalue weighted by atomic mass is 16.3. The SMILES string of the molecule is Cc1nc(NN)cc(NCC2CCCC(O)C2)n1. The van der Waals surface area contributed by atoms with Crippen molar-refractivity contribution in [3.8, 4) is 0 Å². The van der Waals surface area contributed by atoms with Crippen molar-refractivity contribution in [2.45, 2.75) is 38.7 Å². The Morgan fingerprint density at radius 2 is 2.17 bits per heavy atom. The van der Waals surface area contributed by atoms with Gasteiger partial charge in [0.1, 0.15) is 17.5 Å². The molecule has 1 aromatic rings. The lowest BCUT2D eigenvalue weighted by Gasteiger charge is -2.26. The number of nitrogen functional groups attached to an aromatic ring is 1. The summed E-state index contributed by atoms with van der Waals surface area (Å²) in [5, 5.41) is 12.9. The molecular weight excluding hydrogens is 230 g/mol. The highest BCUT2D eigenvalue weighted by Gasteiger charge is 2.19. The second-order valence-corrected chi connectivity index (χ2v) is 4.90. The third-order valence-electron chi connectivity index (χ3n) is 3.31. The molecule has 1 aromatic heterocycles. The van der Waals surface area contributed by atoms with Crippen molar-refractivity contribution >= 4 is 11.6 Å². The normalized spacial score (nSPS) is 23.7. The van der Waals surface area contributed by atoms with E-state index in [-0.39, 0.29) is 6.10 Å². The third kappa shape index (κ3) is 3.54. The van der Waals surface area contributed by atoms with E-state index in [2.05, 4.69) is 20.7 Å². The van der Waals surface area contributed by atoms with E-state index in [1.165, 1.54) is 0 Å². The maximum Gasteiger partial charge on any atom is 0.145 e. The number of hydrazine groups is 1. The molecule has 2 unspecified atom stereocenters. The van der Waals surface area contributed by atoms with Gasteiger partial charge in [0.15, 0.2) is 0 Å². The zero-order valence-corrected chi connectivity index (χ0v) is 10.7. The van der Waals surface area contributed by atoms with Gasteiger partial charge in [0.25, 0.3) is 0 Å². The maximum atomic E-state index is 9.62. The molecule has 18 heavy (non-hydrogen) atoms. The summed E-state index contributed by atoms with van der Waals surface area (Å²) in [6.45, 7) is 2.66. The van der Waals surface area contributed by atoms with Crippen LogP contribution in [-0.4, -0.2) is 27.7 Å². The van der Waals surface area contributed by atoms with Gasteiger partial charge in [0.05, 0.1) is 6.10 Å². The van der Waals surface area contributed by atoms with Crippen LogP contribution in [0.4, 0.5) is 11.6 Å². The van der Waals surface area contributed by atoms with E-state index in [4.69, 9.17) is 5.84 Å². The van der Waals surface area contributed by atoms with Crippen molar-refractivity contribution < 1.29 is 5.11 Å². The predicted octanol–water partition coefficient (Wildman–Crippen LogP) is 1.03. The summed E-state index contributed by atoms with van der Waals surface area (Å²) in [5.41, 5.74) is 2.52. The van der Waals surface area contributed by atoms with Crippen LogP contribution in [0, 0.1) is 12.8 Å². The molecule has 100 valence electrons. The van der Waals surface area contributed by atoms with E-state index in [0.717, 1.165) is 38.0 Å². The van der Waals surface area contributed by atoms with Crippen LogP contribution in [0.25, 0.3) is 0 Å². The van der Waals surface area contributed by atoms with Gasteiger partial charge in [-0.15, -0.1) is 0 Å². The van der Waals surface area contributed by atoms with Crippen molar-refractivity contribution in [3.05, 3.63) is 11.9 Å². The minimum atomic E-state index is -0.140. The molecule has 6 heteroatoms. The van der Waals surface area contributed by atoms with Gasteiger partial charge in [-0.25, -0.2) is 15.8 Å². The molecule has 0 amide bonds. The maximum absolute atomic E-state index is 9.62. The summed E-state index contributed by atoms with van der Waals surface area (Å²) >= 11 is 0. The van der Waals surface area contributed by atoms with Gasteiger partial charge < -0.3 is 15.8 Å². The second-order valence-electron chi connectivity index (χ2n) is 4.90. The molecule has 6 nitrogen and oxygen atoms in total. The lowest BCUT2D eigenvalue weighted by molar-refractivity contribution is 0.104. The third-order valence-corrected chi connectivity index (χ3v) is 3.31. The fourth-order valence-corrected chi connectivity index (χ4v) is 2.43. The summed E-state index contributed by atoms with van der Waals surface area (Å²) in [4.78, 5) is 8.44. The quantitative estimate of drug-likeness (QED) is 0.471. The van der Waals surface area contributed by atoms with Crippen LogP contribution in [0.1, 0.15) is 31.5 Å². The highest BCUT2D eigenvalue weighted by molar-refractivity contribution is 5.46. The molecule has 2 rings (SSSR count). The van der Waals surface area contributed by atoms with Gasteiger partial charge in [-0.3, -0.25) is 0 Å². The number of hydrogen-bond acceptors (Lipinski definition) is 6. The van der Waals surface area contributed by atoms with Crippen LogP contribution in [0.15, 0.2) is 6.07 Å². The molecule has 5 N–H and O–H groups in total. The minimum Gasteiger partial charge on any atom is -0.393 e. The first kappa shape index (κ1) is 13.0. The average molecular weight is 251 g/mol. The molecule has 0 spiro atoms. The second kappa shape index (κ2) is 5.97. The molecule has 0 aliphatic heterocycles. The van der Waals surface area contributed by atoms with Crippen LogP contribution >= 0.6 is 0 Å². The smallest absolute Gasteiger partial charge is 0.145 e. The molecular formula is C12H21N5O. The molecule has 0 bridgehead atoms. The van der Waals surface area contributed by atoms with Gasteiger partial charge in [-0.05, 0) is 32.1 Å². The number of aryl methyl sites for hydroxylation is 1. The fourth-order valence-electron chi connectivity index (χ4n) is 2.43. The molecule has 1 heterocycles. The first-order valence-electron chi connectivity index (χ1n) is 6.41. The lowest BCUT2D eigenvalue weighted by atomic mass is 9.87. The molecule has 1 aliphatic rings. The Balaban J connectivity index is 1.91. The zero-order chi connectivity index (χ0) is 13.0. The van der Waals surface area contributed by atoms with Crippen LogP contribution in [-0.2, 0) is 0 Å². The van der Waals surface area contributed by atoms with Crippen LogP contribution in [0.3, 0.4) is 0 Å². The summed E-state index contributed by atoms with van der Waals surface area (Å²) < 4.78 is 0. The minimum absolute atomic E-state index is 0.140. The van der Waals surface area contributed by atoms with Crippen LogP contribution in [0.5, 0.6) is 0 Å². The van der Waals surface area contributed by atoms with E-state index in [1.54, 1.807) is 6.07 Å². The number of hydrogen-bond donors (Lipinski definition) is 4. The summed E-state index contributed by atoms with van der Waals surface area (Å²) in [6, 6.07) is 1.78. The van der Waals surface area contributed by atoms with E-state index >= 15 is 0 Å². The Morgan fingerprint density at radius 3 is 2.89 bits per heavy atom. The number of aliphatic hydroxyl groups excluding tert-OH is 1. The van der Waals surface area contributed by atoms with Crippen LogP contribution < -0.4 is 16.6 Å². The Morgan fingerprint density at radius 1 is 1.39 bits per heavy atom. The number of anilines is 2. The molecule has 0 aromatic carbocycles. The van der Waals surface area contributed by atoms with Crippen molar-refractivity contribution in [1.82, 2.24) is 9.97 Å². The summed E-state index contributed by atoms with van der Waals surface area (Å²) in [6.07, 6.45) is 3.94. The molecule has 0 radical (unpaired) electrons. The molecule has 2 atom stereocenters. The monoisotopic (exact) mass is 251 g/mol. The van der Waals surface area contributed by atoms with Gasteiger partial charge in [-0.2, -0.15) is 0 Å². The first-order chi connectivity index (χ1) is 8.67. The Hall–Kier alpha value is -1.40. The Labute approximate surface area is 107 Å². The largest absolute Gasteiger partial charge is 0.393 e. The van der Waals surface area contributed by atoms with E-state index < -0.39 is 0 Å².